The number of halogens is 1. The Kier molecular flexibility index (Phi) is 4.18. The van der Waals surface area contributed by atoms with Crippen LogP contribution < -0.4 is 5.32 Å². The van der Waals surface area contributed by atoms with E-state index in [4.69, 9.17) is 11.6 Å². The Morgan fingerprint density at radius 3 is 2.76 bits per heavy atom. The average molecular weight is 250 g/mol. The Bertz CT molecular complexity index is 436. The molecular formula is C13H16ClN3. The molecular weight excluding hydrogens is 234 g/mol. The second-order valence-electron chi connectivity index (χ2n) is 4.00. The molecule has 1 aromatic carbocycles. The van der Waals surface area contributed by atoms with E-state index in [0.717, 1.165) is 18.1 Å². The minimum absolute atomic E-state index is 0.322. The second-order valence-corrected chi connectivity index (χ2v) is 4.43. The molecule has 0 saturated carbocycles. The largest absolute Gasteiger partial charge is 0.308 e. The van der Waals surface area contributed by atoms with E-state index in [-0.39, 0.29) is 0 Å². The minimum atomic E-state index is 0.322. The van der Waals surface area contributed by atoms with E-state index in [0.29, 0.717) is 6.04 Å². The van der Waals surface area contributed by atoms with Crippen LogP contribution in [0.4, 0.5) is 0 Å². The summed E-state index contributed by atoms with van der Waals surface area (Å²) < 4.78 is 1.92. The molecule has 0 unspecified atom stereocenters. The van der Waals surface area contributed by atoms with E-state index in [2.05, 4.69) is 17.3 Å². The third-order valence-corrected chi connectivity index (χ3v) is 2.97. The highest BCUT2D eigenvalue weighted by Crippen LogP contribution is 2.15. The monoisotopic (exact) mass is 249 g/mol. The summed E-state index contributed by atoms with van der Waals surface area (Å²) in [5, 5.41) is 8.38. The van der Waals surface area contributed by atoms with Gasteiger partial charge in [0.2, 0.25) is 0 Å². The topological polar surface area (TPSA) is 29.9 Å². The van der Waals surface area contributed by atoms with Crippen LogP contribution in [0.3, 0.4) is 0 Å². The summed E-state index contributed by atoms with van der Waals surface area (Å²) in [6.07, 6.45) is 3.76. The first-order valence-electron chi connectivity index (χ1n) is 5.72. The molecule has 4 heteroatoms. The molecule has 0 spiro atoms. The lowest BCUT2D eigenvalue weighted by Gasteiger charge is -2.14. The van der Waals surface area contributed by atoms with E-state index in [1.165, 1.54) is 5.56 Å². The predicted molar refractivity (Wildman–Crippen MR) is 70.1 cm³/mol. The molecule has 0 bridgehead atoms. The standard InChI is InChI=1S/C13H16ClN3/c1-11(12-3-5-13(14)6-4-12)15-8-10-17-9-2-7-16-17/h2-7,9,11,15H,8,10H2,1H3/t11-/m0/s1. The van der Waals surface area contributed by atoms with Crippen LogP contribution in [0.15, 0.2) is 42.7 Å². The average Bonchev–Trinajstić information content (AvgIpc) is 2.83. The van der Waals surface area contributed by atoms with E-state index < -0.39 is 0 Å². The Hall–Kier alpha value is -1.32. The summed E-state index contributed by atoms with van der Waals surface area (Å²) in [6, 6.07) is 10.2. The number of benzene rings is 1. The van der Waals surface area contributed by atoms with Gasteiger partial charge in [-0.05, 0) is 30.7 Å². The molecule has 1 aromatic heterocycles. The molecule has 0 aliphatic carbocycles. The number of hydrogen-bond donors (Lipinski definition) is 1. The van der Waals surface area contributed by atoms with Gasteiger partial charge in [-0.25, -0.2) is 0 Å². The lowest BCUT2D eigenvalue weighted by atomic mass is 10.1. The summed E-state index contributed by atoms with van der Waals surface area (Å²) in [7, 11) is 0. The number of aromatic nitrogens is 2. The minimum Gasteiger partial charge on any atom is -0.308 e. The molecule has 0 aliphatic rings. The molecule has 0 fully saturated rings. The Morgan fingerprint density at radius 1 is 1.35 bits per heavy atom. The van der Waals surface area contributed by atoms with Crippen molar-refractivity contribution in [2.24, 2.45) is 0 Å². The van der Waals surface area contributed by atoms with Crippen LogP contribution in [0.25, 0.3) is 0 Å². The highest BCUT2D eigenvalue weighted by molar-refractivity contribution is 6.30. The normalized spacial score (nSPS) is 12.6. The van der Waals surface area contributed by atoms with Crippen molar-refractivity contribution in [1.82, 2.24) is 15.1 Å². The van der Waals surface area contributed by atoms with Gasteiger partial charge < -0.3 is 5.32 Å². The first-order valence-corrected chi connectivity index (χ1v) is 6.10. The fourth-order valence-electron chi connectivity index (χ4n) is 1.70. The fraction of sp³-hybridized carbons (Fsp3) is 0.308. The van der Waals surface area contributed by atoms with Gasteiger partial charge >= 0.3 is 0 Å². The van der Waals surface area contributed by atoms with Crippen LogP contribution in [-0.4, -0.2) is 16.3 Å². The van der Waals surface area contributed by atoms with Crippen LogP contribution in [0, 0.1) is 0 Å². The van der Waals surface area contributed by atoms with Crippen LogP contribution in [0.5, 0.6) is 0 Å². The van der Waals surface area contributed by atoms with Gasteiger partial charge in [0.1, 0.15) is 0 Å². The van der Waals surface area contributed by atoms with E-state index >= 15 is 0 Å². The maximum atomic E-state index is 5.86. The van der Waals surface area contributed by atoms with Crippen molar-refractivity contribution < 1.29 is 0 Å². The zero-order valence-corrected chi connectivity index (χ0v) is 10.6. The molecule has 0 saturated heterocycles. The van der Waals surface area contributed by atoms with E-state index in [1.807, 2.05) is 41.2 Å². The smallest absolute Gasteiger partial charge is 0.0534 e. The molecule has 3 nitrogen and oxygen atoms in total. The summed E-state index contributed by atoms with van der Waals surface area (Å²) in [5.41, 5.74) is 1.25. The molecule has 2 aromatic rings. The summed E-state index contributed by atoms with van der Waals surface area (Å²) in [5.74, 6) is 0. The van der Waals surface area contributed by atoms with Crippen LogP contribution >= 0.6 is 11.6 Å². The zero-order chi connectivity index (χ0) is 12.1. The molecule has 1 heterocycles. The van der Waals surface area contributed by atoms with Crippen molar-refractivity contribution in [2.45, 2.75) is 19.5 Å². The molecule has 2 rings (SSSR count). The van der Waals surface area contributed by atoms with E-state index in [9.17, 15) is 0 Å². The maximum Gasteiger partial charge on any atom is 0.0534 e. The van der Waals surface area contributed by atoms with Crippen molar-refractivity contribution in [3.8, 4) is 0 Å². The summed E-state index contributed by atoms with van der Waals surface area (Å²) in [4.78, 5) is 0. The SMILES string of the molecule is C[C@H](NCCn1cccn1)c1ccc(Cl)cc1. The van der Waals surface area contributed by atoms with Gasteiger partial charge in [0.05, 0.1) is 6.54 Å². The van der Waals surface area contributed by atoms with Crippen LogP contribution in [-0.2, 0) is 6.54 Å². The van der Waals surface area contributed by atoms with Gasteiger partial charge in [0.25, 0.3) is 0 Å². The Balaban J connectivity index is 1.81. The quantitative estimate of drug-likeness (QED) is 0.883. The lowest BCUT2D eigenvalue weighted by molar-refractivity contribution is 0.507. The van der Waals surface area contributed by atoms with Crippen molar-refractivity contribution in [3.05, 3.63) is 53.3 Å². The summed E-state index contributed by atoms with van der Waals surface area (Å²) >= 11 is 5.86. The van der Waals surface area contributed by atoms with Gasteiger partial charge in [-0.1, -0.05) is 23.7 Å². The Labute approximate surface area is 106 Å². The molecule has 17 heavy (non-hydrogen) atoms. The third-order valence-electron chi connectivity index (χ3n) is 2.72. The number of hydrogen-bond acceptors (Lipinski definition) is 2. The highest BCUT2D eigenvalue weighted by atomic mass is 35.5. The van der Waals surface area contributed by atoms with Crippen molar-refractivity contribution in [1.29, 1.82) is 0 Å². The van der Waals surface area contributed by atoms with Gasteiger partial charge in [-0.3, -0.25) is 4.68 Å². The first-order chi connectivity index (χ1) is 8.25. The van der Waals surface area contributed by atoms with Gasteiger partial charge in [-0.15, -0.1) is 0 Å². The highest BCUT2D eigenvalue weighted by Gasteiger charge is 2.03. The molecule has 0 radical (unpaired) electrons. The van der Waals surface area contributed by atoms with Crippen molar-refractivity contribution in [3.63, 3.8) is 0 Å². The summed E-state index contributed by atoms with van der Waals surface area (Å²) in [6.45, 7) is 3.92. The maximum absolute atomic E-state index is 5.86. The zero-order valence-electron chi connectivity index (χ0n) is 9.81. The second kappa shape index (κ2) is 5.84. The number of nitrogens with zero attached hydrogens (tertiary/aromatic N) is 2. The molecule has 1 N–H and O–H groups in total. The lowest BCUT2D eigenvalue weighted by Crippen LogP contribution is -2.23. The van der Waals surface area contributed by atoms with E-state index in [1.54, 1.807) is 6.20 Å². The molecule has 1 atom stereocenters. The van der Waals surface area contributed by atoms with Gasteiger partial charge in [0, 0.05) is 30.0 Å². The third kappa shape index (κ3) is 3.58. The molecule has 0 aliphatic heterocycles. The molecule has 90 valence electrons. The van der Waals surface area contributed by atoms with Crippen molar-refractivity contribution >= 4 is 11.6 Å². The predicted octanol–water partition coefficient (Wildman–Crippen LogP) is 2.89. The molecule has 0 amide bonds. The fourth-order valence-corrected chi connectivity index (χ4v) is 1.82. The van der Waals surface area contributed by atoms with Crippen LogP contribution in [0.1, 0.15) is 18.5 Å². The number of rotatable bonds is 5. The Morgan fingerprint density at radius 2 is 2.12 bits per heavy atom. The van der Waals surface area contributed by atoms with Gasteiger partial charge in [-0.2, -0.15) is 5.10 Å². The van der Waals surface area contributed by atoms with Crippen LogP contribution in [0.2, 0.25) is 5.02 Å². The van der Waals surface area contributed by atoms with Crippen molar-refractivity contribution in [2.75, 3.05) is 6.54 Å². The first kappa shape index (κ1) is 12.1. The number of nitrogens with one attached hydrogen (secondary N) is 1. The van der Waals surface area contributed by atoms with Gasteiger partial charge in [0.15, 0.2) is 0 Å².